The maximum atomic E-state index is 3.15. The Morgan fingerprint density at radius 1 is 1.13 bits per heavy atom. The molecule has 1 heteroatoms. The summed E-state index contributed by atoms with van der Waals surface area (Å²) in [5.41, 5.74) is 2.53. The van der Waals surface area contributed by atoms with Crippen molar-refractivity contribution in [3.05, 3.63) is 36.0 Å². The zero-order valence-corrected chi connectivity index (χ0v) is 10.6. The van der Waals surface area contributed by atoms with Gasteiger partial charge in [0, 0.05) is 13.1 Å². The number of aryl methyl sites for hydroxylation is 1. The van der Waals surface area contributed by atoms with E-state index in [2.05, 4.69) is 50.0 Å². The average molecular weight is 207 g/mol. The molecule has 2 aromatic rings. The van der Waals surface area contributed by atoms with E-state index in [0.717, 1.165) is 0 Å². The predicted molar refractivity (Wildman–Crippen MR) is 72.5 cm³/mol. The van der Waals surface area contributed by atoms with Gasteiger partial charge in [-0.25, -0.2) is 0 Å². The zero-order valence-electron chi connectivity index (χ0n) is 10.6. The van der Waals surface area contributed by atoms with Crippen molar-refractivity contribution in [2.75, 3.05) is 0 Å². The molecule has 0 saturated carbocycles. The van der Waals surface area contributed by atoms with Crippen molar-refractivity contribution >= 4 is 10.9 Å². The third-order valence-corrected chi connectivity index (χ3v) is 1.71. The molecule has 1 heterocycles. The fraction of sp³-hybridized carbons (Fsp3) is 0.429. The van der Waals surface area contributed by atoms with Crippen molar-refractivity contribution in [3.8, 4) is 0 Å². The number of hydrogen-bond acceptors (Lipinski definition) is 0. The minimum Gasteiger partial charge on any atom is -0.361 e. The van der Waals surface area contributed by atoms with Gasteiger partial charge in [0.15, 0.2) is 0 Å². The second-order valence-corrected chi connectivity index (χ2v) is 3.28. The number of aromatic amines is 1. The van der Waals surface area contributed by atoms with Gasteiger partial charge >= 0.3 is 0 Å². The molecular weight excluding hydrogens is 182 g/mol. The number of benzene rings is 1. The lowest BCUT2D eigenvalue weighted by Gasteiger charge is -1.90. The minimum absolute atomic E-state index is 0. The molecule has 0 bridgehead atoms. The molecule has 1 aromatic carbocycles. The van der Waals surface area contributed by atoms with Crippen molar-refractivity contribution < 1.29 is 1.43 Å². The second kappa shape index (κ2) is 8.10. The van der Waals surface area contributed by atoms with E-state index in [1.807, 2.05) is 20.0 Å². The van der Waals surface area contributed by atoms with E-state index in [9.17, 15) is 0 Å². The van der Waals surface area contributed by atoms with Crippen LogP contribution in [0.15, 0.2) is 30.5 Å². The van der Waals surface area contributed by atoms with Gasteiger partial charge in [-0.15, -0.1) is 0 Å². The van der Waals surface area contributed by atoms with Crippen molar-refractivity contribution in [3.63, 3.8) is 0 Å². The van der Waals surface area contributed by atoms with Crippen LogP contribution in [-0.4, -0.2) is 4.98 Å². The summed E-state index contributed by atoms with van der Waals surface area (Å²) in [5.74, 6) is 0. The monoisotopic (exact) mass is 207 g/mol. The fourth-order valence-electron chi connectivity index (χ4n) is 1.17. The van der Waals surface area contributed by atoms with Crippen molar-refractivity contribution in [2.45, 2.75) is 41.0 Å². The Hall–Kier alpha value is -1.24. The van der Waals surface area contributed by atoms with Crippen molar-refractivity contribution in [2.24, 2.45) is 0 Å². The molecule has 0 aliphatic heterocycles. The number of aromatic nitrogens is 1. The lowest BCUT2D eigenvalue weighted by atomic mass is 10.2. The Labute approximate surface area is 95.0 Å². The van der Waals surface area contributed by atoms with Gasteiger partial charge < -0.3 is 4.98 Å². The Bertz CT molecular complexity index is 366. The molecule has 0 aliphatic carbocycles. The number of hydrogen-bond donors (Lipinski definition) is 1. The van der Waals surface area contributed by atoms with E-state index in [1.165, 1.54) is 22.9 Å². The van der Waals surface area contributed by atoms with Crippen LogP contribution in [0.2, 0.25) is 0 Å². The van der Waals surface area contributed by atoms with Crippen LogP contribution in [0.25, 0.3) is 10.9 Å². The minimum atomic E-state index is 0. The van der Waals surface area contributed by atoms with Crippen molar-refractivity contribution in [1.82, 2.24) is 4.98 Å². The number of H-pyrrole nitrogens is 1. The maximum absolute atomic E-state index is 3.15. The largest absolute Gasteiger partial charge is 0.361 e. The molecule has 0 saturated heterocycles. The first-order valence-corrected chi connectivity index (χ1v) is 5.81. The first-order chi connectivity index (χ1) is 7.27. The van der Waals surface area contributed by atoms with Gasteiger partial charge in [0.05, 0.1) is 0 Å². The van der Waals surface area contributed by atoms with Crippen LogP contribution in [0.4, 0.5) is 0 Å². The molecule has 0 aliphatic rings. The summed E-state index contributed by atoms with van der Waals surface area (Å²) in [7, 11) is 0. The summed E-state index contributed by atoms with van der Waals surface area (Å²) in [6.45, 7) is 10.4. The molecular formula is C14H25N. The molecule has 0 atom stereocenters. The standard InChI is InChI=1S/C9H9N.C3H8.C2H6.H2/c1-7-2-3-9-8(6-7)4-5-10-9;1-3-2;1-2;/h2-6,10H,1H3;3H2,1-2H3;1-2H3;1H. The summed E-state index contributed by atoms with van der Waals surface area (Å²) in [5, 5.41) is 1.29. The van der Waals surface area contributed by atoms with Crippen LogP contribution >= 0.6 is 0 Å². The lowest BCUT2D eigenvalue weighted by Crippen LogP contribution is -1.69. The van der Waals surface area contributed by atoms with Gasteiger partial charge in [-0.1, -0.05) is 45.7 Å². The third-order valence-electron chi connectivity index (χ3n) is 1.71. The van der Waals surface area contributed by atoms with Crippen LogP contribution < -0.4 is 0 Å². The van der Waals surface area contributed by atoms with Crippen LogP contribution in [0, 0.1) is 6.92 Å². The Morgan fingerprint density at radius 3 is 2.33 bits per heavy atom. The van der Waals surface area contributed by atoms with E-state index in [0.29, 0.717) is 0 Å². The lowest BCUT2D eigenvalue weighted by molar-refractivity contribution is 1.09. The summed E-state index contributed by atoms with van der Waals surface area (Å²) < 4.78 is 0. The number of nitrogens with one attached hydrogen (secondary N) is 1. The van der Waals surface area contributed by atoms with Crippen LogP contribution in [0.3, 0.4) is 0 Å². The molecule has 2 rings (SSSR count). The highest BCUT2D eigenvalue weighted by Crippen LogP contribution is 2.12. The van der Waals surface area contributed by atoms with Gasteiger partial charge in [0.25, 0.3) is 0 Å². The van der Waals surface area contributed by atoms with Crippen LogP contribution in [-0.2, 0) is 0 Å². The van der Waals surface area contributed by atoms with Gasteiger partial charge in [-0.3, -0.25) is 0 Å². The van der Waals surface area contributed by atoms with Gasteiger partial charge in [0.2, 0.25) is 0 Å². The van der Waals surface area contributed by atoms with Gasteiger partial charge in [0.1, 0.15) is 0 Å². The van der Waals surface area contributed by atoms with E-state index < -0.39 is 0 Å². The quantitative estimate of drug-likeness (QED) is 0.613. The molecule has 15 heavy (non-hydrogen) atoms. The highest BCUT2D eigenvalue weighted by molar-refractivity contribution is 5.79. The first kappa shape index (κ1) is 13.8. The van der Waals surface area contributed by atoms with E-state index in [4.69, 9.17) is 0 Å². The maximum Gasteiger partial charge on any atom is 0.0454 e. The molecule has 1 aromatic heterocycles. The molecule has 0 unspecified atom stereocenters. The van der Waals surface area contributed by atoms with E-state index in [1.54, 1.807) is 0 Å². The summed E-state index contributed by atoms with van der Waals surface area (Å²) in [6, 6.07) is 8.47. The summed E-state index contributed by atoms with van der Waals surface area (Å²) in [4.78, 5) is 3.15. The highest BCUT2D eigenvalue weighted by Gasteiger charge is 1.90. The molecule has 1 nitrogen and oxygen atoms in total. The smallest absolute Gasteiger partial charge is 0.0454 e. The van der Waals surface area contributed by atoms with Crippen LogP contribution in [0.1, 0.15) is 41.1 Å². The first-order valence-electron chi connectivity index (χ1n) is 5.81. The molecule has 1 N–H and O–H groups in total. The van der Waals surface area contributed by atoms with Gasteiger partial charge in [-0.2, -0.15) is 0 Å². The molecule has 0 radical (unpaired) electrons. The molecule has 0 amide bonds. The van der Waals surface area contributed by atoms with E-state index >= 15 is 0 Å². The number of rotatable bonds is 0. The SMILES string of the molecule is CC.CCC.Cc1ccc2[nH]ccc2c1.[HH]. The summed E-state index contributed by atoms with van der Waals surface area (Å²) in [6.07, 6.45) is 3.21. The third kappa shape index (κ3) is 4.68. The normalized spacial score (nSPS) is 8.60. The second-order valence-electron chi connectivity index (χ2n) is 3.28. The zero-order chi connectivity index (χ0) is 11.7. The number of fused-ring (bicyclic) bond motifs is 1. The summed E-state index contributed by atoms with van der Waals surface area (Å²) >= 11 is 0. The average Bonchev–Trinajstić information content (AvgIpc) is 2.69. The Morgan fingerprint density at radius 2 is 1.73 bits per heavy atom. The Balaban J connectivity index is 0. The van der Waals surface area contributed by atoms with E-state index in [-0.39, 0.29) is 1.43 Å². The van der Waals surface area contributed by atoms with Crippen molar-refractivity contribution in [1.29, 1.82) is 0 Å². The predicted octanol–water partition coefficient (Wildman–Crippen LogP) is 5.16. The molecule has 0 fully saturated rings. The molecule has 86 valence electrons. The fourth-order valence-corrected chi connectivity index (χ4v) is 1.17. The Kier molecular flexibility index (Phi) is 7.43. The topological polar surface area (TPSA) is 15.8 Å². The van der Waals surface area contributed by atoms with Crippen LogP contribution in [0.5, 0.6) is 0 Å². The van der Waals surface area contributed by atoms with Gasteiger partial charge in [-0.05, 0) is 30.5 Å². The molecule has 0 spiro atoms. The highest BCUT2D eigenvalue weighted by atomic mass is 14.7.